The molecule has 0 aliphatic heterocycles. The lowest BCUT2D eigenvalue weighted by atomic mass is 9.86. The molecule has 39 heavy (non-hydrogen) atoms. The van der Waals surface area contributed by atoms with E-state index in [2.05, 4.69) is 97.4 Å². The molecule has 5 heteroatoms. The first-order valence-electron chi connectivity index (χ1n) is 13.3. The highest BCUT2D eigenvalue weighted by Crippen LogP contribution is 2.38. The van der Waals surface area contributed by atoms with Gasteiger partial charge in [-0.15, -0.1) is 0 Å². The summed E-state index contributed by atoms with van der Waals surface area (Å²) in [5.74, 6) is 0.786. The number of nitrogens with zero attached hydrogens (tertiary/aromatic N) is 4. The molecule has 6 rings (SSSR count). The smallest absolute Gasteiger partial charge is 0.141 e. The SMILES string of the molecule is Cc1noc(C)c1-c1cnc2c(-c3ccc(C(C)(C)C)cc3)cn([C@H](c3ccccc3)c3ccccn3)c2c1. The predicted molar refractivity (Wildman–Crippen MR) is 157 cm³/mol. The molecule has 0 saturated heterocycles. The van der Waals surface area contributed by atoms with Crippen LogP contribution in [0.2, 0.25) is 0 Å². The van der Waals surface area contributed by atoms with Gasteiger partial charge in [-0.3, -0.25) is 9.97 Å². The molecule has 5 nitrogen and oxygen atoms in total. The summed E-state index contributed by atoms with van der Waals surface area (Å²) < 4.78 is 7.81. The molecule has 0 fully saturated rings. The summed E-state index contributed by atoms with van der Waals surface area (Å²) in [6.45, 7) is 10.6. The van der Waals surface area contributed by atoms with E-state index in [0.717, 1.165) is 56.0 Å². The highest BCUT2D eigenvalue weighted by atomic mass is 16.5. The van der Waals surface area contributed by atoms with E-state index in [9.17, 15) is 0 Å². The van der Waals surface area contributed by atoms with Crippen molar-refractivity contribution in [2.24, 2.45) is 0 Å². The van der Waals surface area contributed by atoms with Crippen molar-refractivity contribution in [2.45, 2.75) is 46.1 Å². The molecule has 0 aliphatic carbocycles. The van der Waals surface area contributed by atoms with E-state index in [4.69, 9.17) is 14.5 Å². The van der Waals surface area contributed by atoms with Crippen molar-refractivity contribution >= 4 is 11.0 Å². The first-order valence-corrected chi connectivity index (χ1v) is 13.3. The van der Waals surface area contributed by atoms with E-state index in [-0.39, 0.29) is 11.5 Å². The van der Waals surface area contributed by atoms with Gasteiger partial charge in [0.1, 0.15) is 11.8 Å². The van der Waals surface area contributed by atoms with Crippen LogP contribution in [0.5, 0.6) is 0 Å². The summed E-state index contributed by atoms with van der Waals surface area (Å²) in [7, 11) is 0. The van der Waals surface area contributed by atoms with Crippen molar-refractivity contribution in [1.82, 2.24) is 19.7 Å². The zero-order valence-corrected chi connectivity index (χ0v) is 23.0. The molecular weight excluding hydrogens is 480 g/mol. The lowest BCUT2D eigenvalue weighted by Crippen LogP contribution is -2.13. The summed E-state index contributed by atoms with van der Waals surface area (Å²) in [5.41, 5.74) is 10.6. The first-order chi connectivity index (χ1) is 18.8. The fourth-order valence-corrected chi connectivity index (χ4v) is 5.38. The average molecular weight is 513 g/mol. The van der Waals surface area contributed by atoms with Gasteiger partial charge in [0.25, 0.3) is 0 Å². The van der Waals surface area contributed by atoms with Crippen LogP contribution < -0.4 is 0 Å². The maximum absolute atomic E-state index is 5.50. The molecular formula is C34H32N4O. The highest BCUT2D eigenvalue weighted by Gasteiger charge is 2.24. The van der Waals surface area contributed by atoms with Crippen LogP contribution in [-0.2, 0) is 5.41 Å². The fourth-order valence-electron chi connectivity index (χ4n) is 5.38. The van der Waals surface area contributed by atoms with Crippen molar-refractivity contribution < 1.29 is 4.52 Å². The van der Waals surface area contributed by atoms with Crippen molar-refractivity contribution in [3.05, 3.63) is 126 Å². The molecule has 2 aromatic carbocycles. The molecule has 4 heterocycles. The summed E-state index contributed by atoms with van der Waals surface area (Å²) >= 11 is 0. The van der Waals surface area contributed by atoms with Crippen LogP contribution in [0.25, 0.3) is 33.3 Å². The molecule has 194 valence electrons. The lowest BCUT2D eigenvalue weighted by molar-refractivity contribution is 0.393. The van der Waals surface area contributed by atoms with Gasteiger partial charge < -0.3 is 9.09 Å². The third-order valence-electron chi connectivity index (χ3n) is 7.41. The second-order valence-corrected chi connectivity index (χ2v) is 11.1. The molecule has 0 spiro atoms. The first kappa shape index (κ1) is 24.8. The van der Waals surface area contributed by atoms with Gasteiger partial charge in [0.2, 0.25) is 0 Å². The van der Waals surface area contributed by atoms with Gasteiger partial charge in [0.05, 0.1) is 22.4 Å². The zero-order chi connectivity index (χ0) is 27.1. The van der Waals surface area contributed by atoms with Gasteiger partial charge >= 0.3 is 0 Å². The van der Waals surface area contributed by atoms with Crippen LogP contribution in [0.3, 0.4) is 0 Å². The van der Waals surface area contributed by atoms with E-state index >= 15 is 0 Å². The van der Waals surface area contributed by atoms with E-state index in [1.54, 1.807) is 0 Å². The van der Waals surface area contributed by atoms with E-state index < -0.39 is 0 Å². The summed E-state index contributed by atoms with van der Waals surface area (Å²) in [4.78, 5) is 9.84. The number of hydrogen-bond donors (Lipinski definition) is 0. The predicted octanol–water partition coefficient (Wildman–Crippen LogP) is 8.31. The number of fused-ring (bicyclic) bond motifs is 1. The zero-order valence-electron chi connectivity index (χ0n) is 23.0. The van der Waals surface area contributed by atoms with Gasteiger partial charge in [0.15, 0.2) is 0 Å². The Labute approximate surface area is 229 Å². The van der Waals surface area contributed by atoms with E-state index in [0.29, 0.717) is 0 Å². The Morgan fingerprint density at radius 1 is 0.821 bits per heavy atom. The summed E-state index contributed by atoms with van der Waals surface area (Å²) in [6, 6.07) is 27.6. The average Bonchev–Trinajstić information content (AvgIpc) is 3.48. The third kappa shape index (κ3) is 4.54. The summed E-state index contributed by atoms with van der Waals surface area (Å²) in [6.07, 6.45) is 6.02. The van der Waals surface area contributed by atoms with Gasteiger partial charge in [-0.05, 0) is 54.2 Å². The molecule has 0 saturated carbocycles. The number of pyridine rings is 2. The highest BCUT2D eigenvalue weighted by molar-refractivity contribution is 5.95. The standard InChI is InChI=1S/C34H32N4O/c1-22-31(23(2)39-37-22)26-19-30-32(36-20-26)28(24-14-16-27(17-15-24)34(3,4)5)21-38(30)33(25-11-7-6-8-12-25)29-13-9-10-18-35-29/h6-21,33H,1-5H3/t33-/m1/s1. The van der Waals surface area contributed by atoms with Crippen LogP contribution in [0.15, 0.2) is 102 Å². The monoisotopic (exact) mass is 512 g/mol. The van der Waals surface area contributed by atoms with Crippen LogP contribution in [0, 0.1) is 13.8 Å². The molecule has 6 aromatic rings. The normalized spacial score (nSPS) is 12.6. The van der Waals surface area contributed by atoms with Crippen molar-refractivity contribution in [1.29, 1.82) is 0 Å². The van der Waals surface area contributed by atoms with Crippen molar-refractivity contribution in [3.8, 4) is 22.3 Å². The number of benzene rings is 2. The second-order valence-electron chi connectivity index (χ2n) is 11.1. The molecule has 0 N–H and O–H groups in total. The largest absolute Gasteiger partial charge is 0.361 e. The minimum atomic E-state index is -0.126. The molecule has 0 amide bonds. The Balaban J connectivity index is 1.62. The lowest BCUT2D eigenvalue weighted by Gasteiger charge is -2.20. The Morgan fingerprint density at radius 2 is 1.56 bits per heavy atom. The minimum absolute atomic E-state index is 0.0887. The van der Waals surface area contributed by atoms with E-state index in [1.807, 2.05) is 44.4 Å². The maximum Gasteiger partial charge on any atom is 0.141 e. The molecule has 0 bridgehead atoms. The van der Waals surface area contributed by atoms with Crippen LogP contribution in [0.1, 0.15) is 55.1 Å². The van der Waals surface area contributed by atoms with Gasteiger partial charge in [-0.25, -0.2) is 0 Å². The Morgan fingerprint density at radius 3 is 2.21 bits per heavy atom. The van der Waals surface area contributed by atoms with Crippen LogP contribution >= 0.6 is 0 Å². The number of hydrogen-bond acceptors (Lipinski definition) is 4. The van der Waals surface area contributed by atoms with Crippen LogP contribution in [0.4, 0.5) is 0 Å². The molecule has 0 radical (unpaired) electrons. The number of aromatic nitrogens is 4. The molecule has 0 unspecified atom stereocenters. The second kappa shape index (κ2) is 9.66. The van der Waals surface area contributed by atoms with Gasteiger partial charge in [-0.2, -0.15) is 0 Å². The van der Waals surface area contributed by atoms with Crippen molar-refractivity contribution in [3.63, 3.8) is 0 Å². The van der Waals surface area contributed by atoms with Gasteiger partial charge in [0, 0.05) is 35.3 Å². The van der Waals surface area contributed by atoms with Gasteiger partial charge in [-0.1, -0.05) is 86.6 Å². The molecule has 1 atom stereocenters. The Bertz CT molecular complexity index is 1680. The van der Waals surface area contributed by atoms with Crippen LogP contribution in [-0.4, -0.2) is 19.7 Å². The number of rotatable bonds is 5. The molecule has 4 aromatic heterocycles. The molecule has 0 aliphatic rings. The third-order valence-corrected chi connectivity index (χ3v) is 7.41. The Hall–Kier alpha value is -4.51. The fraction of sp³-hybridized carbons (Fsp3) is 0.206. The quantitative estimate of drug-likeness (QED) is 0.233. The van der Waals surface area contributed by atoms with Crippen molar-refractivity contribution in [2.75, 3.05) is 0 Å². The van der Waals surface area contributed by atoms with E-state index in [1.165, 1.54) is 5.56 Å². The Kier molecular flexibility index (Phi) is 6.15. The number of aryl methyl sites for hydroxylation is 2. The summed E-state index contributed by atoms with van der Waals surface area (Å²) in [5, 5.41) is 4.19. The minimum Gasteiger partial charge on any atom is -0.361 e. The topological polar surface area (TPSA) is 56.7 Å². The maximum atomic E-state index is 5.50.